The summed E-state index contributed by atoms with van der Waals surface area (Å²) >= 11 is 0. The molecule has 0 aliphatic carbocycles. The van der Waals surface area contributed by atoms with Gasteiger partial charge in [0.15, 0.2) is 0 Å². The van der Waals surface area contributed by atoms with Crippen LogP contribution < -0.4 is 5.32 Å². The Morgan fingerprint density at radius 1 is 1.33 bits per heavy atom. The SMILES string of the molecule is CCO[Si](O)(OCC)C(C)NC(=O)CC. The Labute approximate surface area is 92.1 Å². The molecular formula is C9H21NO4Si. The second-order valence-electron chi connectivity index (χ2n) is 3.14. The van der Waals surface area contributed by atoms with Crippen LogP contribution in [0.1, 0.15) is 34.1 Å². The molecule has 0 aliphatic rings. The summed E-state index contributed by atoms with van der Waals surface area (Å²) in [4.78, 5) is 21.3. The van der Waals surface area contributed by atoms with Gasteiger partial charge < -0.3 is 19.0 Å². The molecule has 0 heterocycles. The van der Waals surface area contributed by atoms with E-state index < -0.39 is 14.5 Å². The fourth-order valence-electron chi connectivity index (χ4n) is 1.14. The van der Waals surface area contributed by atoms with Crippen LogP contribution >= 0.6 is 0 Å². The third-order valence-corrected chi connectivity index (χ3v) is 4.59. The van der Waals surface area contributed by atoms with E-state index in [2.05, 4.69) is 5.32 Å². The summed E-state index contributed by atoms with van der Waals surface area (Å²) in [6, 6.07) is 0. The largest absolute Gasteiger partial charge is 0.521 e. The van der Waals surface area contributed by atoms with E-state index in [4.69, 9.17) is 8.85 Å². The summed E-state index contributed by atoms with van der Waals surface area (Å²) in [6.45, 7) is 7.76. The van der Waals surface area contributed by atoms with E-state index in [1.807, 2.05) is 0 Å². The van der Waals surface area contributed by atoms with Crippen molar-refractivity contribution in [1.29, 1.82) is 0 Å². The Hall–Kier alpha value is -0.433. The fourth-order valence-corrected chi connectivity index (χ4v) is 2.89. The highest BCUT2D eigenvalue weighted by atomic mass is 28.4. The number of amides is 1. The van der Waals surface area contributed by atoms with Gasteiger partial charge >= 0.3 is 8.80 Å². The van der Waals surface area contributed by atoms with Gasteiger partial charge in [0.05, 0.1) is 5.67 Å². The second-order valence-corrected chi connectivity index (χ2v) is 5.84. The van der Waals surface area contributed by atoms with Gasteiger partial charge in [-0.3, -0.25) is 4.79 Å². The van der Waals surface area contributed by atoms with E-state index in [-0.39, 0.29) is 5.91 Å². The monoisotopic (exact) mass is 235 g/mol. The molecule has 1 unspecified atom stereocenters. The van der Waals surface area contributed by atoms with Crippen LogP contribution in [0.15, 0.2) is 0 Å². The minimum atomic E-state index is -3.26. The Kier molecular flexibility index (Phi) is 6.74. The van der Waals surface area contributed by atoms with Crippen molar-refractivity contribution >= 4 is 14.7 Å². The van der Waals surface area contributed by atoms with Gasteiger partial charge in [0.25, 0.3) is 0 Å². The van der Waals surface area contributed by atoms with Crippen molar-refractivity contribution in [2.45, 2.75) is 39.8 Å². The Balaban J connectivity index is 4.39. The zero-order chi connectivity index (χ0) is 11.9. The maximum Gasteiger partial charge on any atom is 0.521 e. The molecule has 0 radical (unpaired) electrons. The Bertz CT molecular complexity index is 195. The lowest BCUT2D eigenvalue weighted by molar-refractivity contribution is -0.121. The van der Waals surface area contributed by atoms with Crippen LogP contribution in [0.25, 0.3) is 0 Å². The molecule has 2 N–H and O–H groups in total. The maximum atomic E-state index is 11.2. The molecule has 6 heteroatoms. The van der Waals surface area contributed by atoms with Crippen molar-refractivity contribution in [3.8, 4) is 0 Å². The number of hydrogen-bond donors (Lipinski definition) is 2. The van der Waals surface area contributed by atoms with Crippen LogP contribution in [0.5, 0.6) is 0 Å². The number of carbonyl (C=O) groups is 1. The van der Waals surface area contributed by atoms with Crippen molar-refractivity contribution in [2.75, 3.05) is 13.2 Å². The topological polar surface area (TPSA) is 67.8 Å². The molecule has 0 spiro atoms. The first-order valence-electron chi connectivity index (χ1n) is 5.29. The van der Waals surface area contributed by atoms with Crippen LogP contribution in [0.3, 0.4) is 0 Å². The van der Waals surface area contributed by atoms with Crippen LogP contribution in [0, 0.1) is 0 Å². The number of nitrogens with one attached hydrogen (secondary N) is 1. The summed E-state index contributed by atoms with van der Waals surface area (Å²) in [5.74, 6) is -0.118. The summed E-state index contributed by atoms with van der Waals surface area (Å²) < 4.78 is 10.5. The lowest BCUT2D eigenvalue weighted by Gasteiger charge is -2.29. The number of carbonyl (C=O) groups excluding carboxylic acids is 1. The minimum Gasteiger partial charge on any atom is -0.389 e. The third kappa shape index (κ3) is 4.74. The molecule has 0 aromatic heterocycles. The highest BCUT2D eigenvalue weighted by molar-refractivity contribution is 6.61. The molecule has 0 aliphatic heterocycles. The van der Waals surface area contributed by atoms with Gasteiger partial charge in [0, 0.05) is 19.6 Å². The molecule has 90 valence electrons. The Morgan fingerprint density at radius 2 is 1.80 bits per heavy atom. The molecule has 1 amide bonds. The quantitative estimate of drug-likeness (QED) is 0.629. The van der Waals surface area contributed by atoms with Crippen LogP contribution in [0.4, 0.5) is 0 Å². The molecule has 0 fully saturated rings. The van der Waals surface area contributed by atoms with E-state index >= 15 is 0 Å². The molecule has 0 aromatic carbocycles. The average molecular weight is 235 g/mol. The van der Waals surface area contributed by atoms with Crippen molar-refractivity contribution in [1.82, 2.24) is 5.32 Å². The first-order valence-corrected chi connectivity index (χ1v) is 7.13. The summed E-state index contributed by atoms with van der Waals surface area (Å²) in [7, 11) is -3.26. The molecule has 1 atom stereocenters. The van der Waals surface area contributed by atoms with Gasteiger partial charge in [-0.05, 0) is 20.8 Å². The van der Waals surface area contributed by atoms with E-state index in [1.165, 1.54) is 0 Å². The maximum absolute atomic E-state index is 11.2. The van der Waals surface area contributed by atoms with E-state index in [9.17, 15) is 9.59 Å². The zero-order valence-corrected chi connectivity index (χ0v) is 10.9. The zero-order valence-electron chi connectivity index (χ0n) is 9.87. The first-order chi connectivity index (χ1) is 7.00. The first kappa shape index (κ1) is 14.6. The third-order valence-electron chi connectivity index (χ3n) is 1.95. The fraction of sp³-hybridized carbons (Fsp3) is 0.889. The molecule has 0 saturated carbocycles. The molecule has 15 heavy (non-hydrogen) atoms. The van der Waals surface area contributed by atoms with E-state index in [1.54, 1.807) is 27.7 Å². The summed E-state index contributed by atoms with van der Waals surface area (Å²) in [5.41, 5.74) is -0.468. The normalized spacial score (nSPS) is 13.7. The molecule has 0 saturated heterocycles. The molecule has 0 aromatic rings. The predicted octanol–water partition coefficient (Wildman–Crippen LogP) is 0.444. The van der Waals surface area contributed by atoms with Gasteiger partial charge in [-0.2, -0.15) is 0 Å². The van der Waals surface area contributed by atoms with Crippen molar-refractivity contribution in [3.63, 3.8) is 0 Å². The van der Waals surface area contributed by atoms with Crippen molar-refractivity contribution in [3.05, 3.63) is 0 Å². The van der Waals surface area contributed by atoms with Gasteiger partial charge in [-0.15, -0.1) is 0 Å². The average Bonchev–Trinajstić information content (AvgIpc) is 2.18. The van der Waals surface area contributed by atoms with Gasteiger partial charge in [-0.25, -0.2) is 0 Å². The highest BCUT2D eigenvalue weighted by Gasteiger charge is 2.44. The van der Waals surface area contributed by atoms with E-state index in [0.29, 0.717) is 19.6 Å². The molecule has 0 rings (SSSR count). The Morgan fingerprint density at radius 3 is 2.13 bits per heavy atom. The highest BCUT2D eigenvalue weighted by Crippen LogP contribution is 2.09. The number of rotatable bonds is 7. The van der Waals surface area contributed by atoms with E-state index in [0.717, 1.165) is 0 Å². The standard InChI is InChI=1S/C9H21NO4Si/c1-5-9(11)10-8(4)15(12,13-6-2)14-7-3/h8,12H,5-7H2,1-4H3,(H,10,11). The number of hydrogen-bond acceptors (Lipinski definition) is 4. The van der Waals surface area contributed by atoms with Crippen LogP contribution in [0.2, 0.25) is 0 Å². The molecule has 0 bridgehead atoms. The smallest absolute Gasteiger partial charge is 0.389 e. The lowest BCUT2D eigenvalue weighted by atomic mass is 10.4. The van der Waals surface area contributed by atoms with Gasteiger partial charge in [0.2, 0.25) is 5.91 Å². The summed E-state index contributed by atoms with van der Waals surface area (Å²) in [5, 5.41) is 2.66. The van der Waals surface area contributed by atoms with Gasteiger partial charge in [-0.1, -0.05) is 6.92 Å². The van der Waals surface area contributed by atoms with Crippen molar-refractivity contribution < 1.29 is 18.4 Å². The van der Waals surface area contributed by atoms with Crippen LogP contribution in [-0.2, 0) is 13.6 Å². The van der Waals surface area contributed by atoms with Gasteiger partial charge in [0.1, 0.15) is 0 Å². The molecular weight excluding hydrogens is 214 g/mol. The predicted molar refractivity (Wildman–Crippen MR) is 59.1 cm³/mol. The van der Waals surface area contributed by atoms with Crippen LogP contribution in [-0.4, -0.2) is 38.4 Å². The van der Waals surface area contributed by atoms with Crippen molar-refractivity contribution in [2.24, 2.45) is 0 Å². The minimum absolute atomic E-state index is 0.118. The molecule has 5 nitrogen and oxygen atoms in total. The lowest BCUT2D eigenvalue weighted by Crippen LogP contribution is -2.59. The second kappa shape index (κ2) is 6.94. The summed E-state index contributed by atoms with van der Waals surface area (Å²) in [6.07, 6.45) is 0.382.